The second-order valence-electron chi connectivity index (χ2n) is 9.12. The van der Waals surface area contributed by atoms with E-state index in [1.165, 1.54) is 0 Å². The molecule has 1 aliphatic heterocycles. The second-order valence-corrected chi connectivity index (χ2v) is 9.12. The molecule has 4 aromatic heterocycles. The number of pyridine rings is 2. The molecule has 1 fully saturated rings. The minimum absolute atomic E-state index is 0.632. The van der Waals surface area contributed by atoms with Crippen molar-refractivity contribution in [2.45, 2.75) is 0 Å². The first-order valence-electron chi connectivity index (χ1n) is 13.3. The van der Waals surface area contributed by atoms with Crippen molar-refractivity contribution >= 4 is 24.0 Å². The van der Waals surface area contributed by atoms with E-state index in [1.54, 1.807) is 53.6 Å². The first kappa shape index (κ1) is 29.7. The number of nitrogens with zero attached hydrogens (tertiary/aromatic N) is 6. The smallest absolute Gasteiger partial charge is 0.154 e. The van der Waals surface area contributed by atoms with Crippen LogP contribution in [-0.2, 0) is 4.74 Å². The molecule has 0 amide bonds. The predicted octanol–water partition coefficient (Wildman–Crippen LogP) is 3.89. The summed E-state index contributed by atoms with van der Waals surface area (Å²) in [5.74, 6) is 7.00. The topological polar surface area (TPSA) is 115 Å². The van der Waals surface area contributed by atoms with Crippen LogP contribution in [0.4, 0.5) is 5.82 Å². The first-order chi connectivity index (χ1) is 20.6. The SMILES string of the molecule is CN1CCOCC1.CNc1cc(C#Cc2cnc3ccc(-c4ccc(C=O)cc4)nn23)ccn1.O=Cc1ccncc1. The van der Waals surface area contributed by atoms with Crippen molar-refractivity contribution in [1.29, 1.82) is 0 Å². The van der Waals surface area contributed by atoms with Gasteiger partial charge in [-0.1, -0.05) is 30.2 Å². The van der Waals surface area contributed by atoms with Crippen molar-refractivity contribution < 1.29 is 14.3 Å². The molecule has 0 radical (unpaired) electrons. The Kier molecular flexibility index (Phi) is 11.0. The van der Waals surface area contributed by atoms with E-state index in [0.717, 1.165) is 67.2 Å². The average molecular weight is 562 g/mol. The Morgan fingerprint density at radius 2 is 1.57 bits per heavy atom. The van der Waals surface area contributed by atoms with E-state index in [2.05, 4.69) is 49.2 Å². The average Bonchev–Trinajstić information content (AvgIpc) is 3.47. The number of ether oxygens (including phenoxy) is 1. The maximum absolute atomic E-state index is 10.8. The summed E-state index contributed by atoms with van der Waals surface area (Å²) in [6.07, 6.45) is 8.20. The number of hydrogen-bond donors (Lipinski definition) is 1. The summed E-state index contributed by atoms with van der Waals surface area (Å²) >= 11 is 0. The lowest BCUT2D eigenvalue weighted by Gasteiger charge is -2.21. The molecule has 10 heteroatoms. The Bertz CT molecular complexity index is 1650. The zero-order valence-corrected chi connectivity index (χ0v) is 23.5. The number of hydrogen-bond acceptors (Lipinski definition) is 9. The van der Waals surface area contributed by atoms with Gasteiger partial charge in [0.15, 0.2) is 5.65 Å². The zero-order valence-electron chi connectivity index (χ0n) is 23.5. The fraction of sp³-hybridized carbons (Fsp3) is 0.188. The monoisotopic (exact) mass is 561 g/mol. The molecule has 5 aromatic rings. The number of anilines is 1. The van der Waals surface area contributed by atoms with Gasteiger partial charge in [0.2, 0.25) is 0 Å². The summed E-state index contributed by atoms with van der Waals surface area (Å²) in [7, 11) is 3.93. The zero-order chi connectivity index (χ0) is 29.6. The highest BCUT2D eigenvalue weighted by molar-refractivity contribution is 5.76. The normalized spacial score (nSPS) is 12.4. The molecule has 0 bridgehead atoms. The Morgan fingerprint density at radius 3 is 2.19 bits per heavy atom. The largest absolute Gasteiger partial charge is 0.379 e. The lowest BCUT2D eigenvalue weighted by molar-refractivity contribution is 0.0503. The van der Waals surface area contributed by atoms with Crippen molar-refractivity contribution in [3.05, 3.63) is 108 Å². The van der Waals surface area contributed by atoms with Crippen LogP contribution in [0.25, 0.3) is 16.9 Å². The molecule has 0 aliphatic carbocycles. The fourth-order valence-electron chi connectivity index (χ4n) is 3.72. The molecular formula is C32H31N7O3. The summed E-state index contributed by atoms with van der Waals surface area (Å²) in [6, 6.07) is 18.1. The van der Waals surface area contributed by atoms with Crippen LogP contribution in [0.15, 0.2) is 85.5 Å². The van der Waals surface area contributed by atoms with E-state index in [4.69, 9.17) is 4.74 Å². The molecular weight excluding hydrogens is 530 g/mol. The fourth-order valence-corrected chi connectivity index (χ4v) is 3.72. The molecule has 1 aromatic carbocycles. The third-order valence-corrected chi connectivity index (χ3v) is 6.13. The Balaban J connectivity index is 0.000000219. The van der Waals surface area contributed by atoms with E-state index < -0.39 is 0 Å². The van der Waals surface area contributed by atoms with Crippen LogP contribution in [-0.4, -0.2) is 82.4 Å². The van der Waals surface area contributed by atoms with Crippen LogP contribution >= 0.6 is 0 Å². The summed E-state index contributed by atoms with van der Waals surface area (Å²) in [5, 5.41) is 7.64. The van der Waals surface area contributed by atoms with E-state index in [1.807, 2.05) is 43.4 Å². The molecule has 5 heterocycles. The highest BCUT2D eigenvalue weighted by Gasteiger charge is 2.06. The van der Waals surface area contributed by atoms with Crippen LogP contribution < -0.4 is 5.32 Å². The lowest BCUT2D eigenvalue weighted by atomic mass is 10.1. The van der Waals surface area contributed by atoms with E-state index in [-0.39, 0.29) is 0 Å². The maximum atomic E-state index is 10.8. The number of aldehydes is 2. The number of imidazole rings is 1. The molecule has 10 nitrogen and oxygen atoms in total. The quantitative estimate of drug-likeness (QED) is 0.258. The van der Waals surface area contributed by atoms with Gasteiger partial charge in [0, 0.05) is 61.0 Å². The number of carbonyl (C=O) groups is 2. The van der Waals surface area contributed by atoms with Crippen LogP contribution in [0.3, 0.4) is 0 Å². The van der Waals surface area contributed by atoms with Gasteiger partial charge in [-0.2, -0.15) is 5.10 Å². The van der Waals surface area contributed by atoms with Crippen LogP contribution in [0.1, 0.15) is 32.0 Å². The van der Waals surface area contributed by atoms with E-state index in [0.29, 0.717) is 16.8 Å². The molecule has 0 atom stereocenters. The Morgan fingerprint density at radius 1 is 0.857 bits per heavy atom. The third kappa shape index (κ3) is 8.63. The van der Waals surface area contributed by atoms with Crippen molar-refractivity contribution in [2.24, 2.45) is 0 Å². The molecule has 1 N–H and O–H groups in total. The van der Waals surface area contributed by atoms with Gasteiger partial charge in [0.25, 0.3) is 0 Å². The minimum atomic E-state index is 0.632. The highest BCUT2D eigenvalue weighted by Crippen LogP contribution is 2.18. The van der Waals surface area contributed by atoms with Gasteiger partial charge in [-0.25, -0.2) is 14.5 Å². The predicted molar refractivity (Wildman–Crippen MR) is 162 cm³/mol. The van der Waals surface area contributed by atoms with Gasteiger partial charge >= 0.3 is 0 Å². The molecule has 42 heavy (non-hydrogen) atoms. The van der Waals surface area contributed by atoms with Crippen molar-refractivity contribution in [1.82, 2.24) is 29.5 Å². The summed E-state index contributed by atoms with van der Waals surface area (Å²) in [5.41, 5.74) is 5.26. The number of carbonyl (C=O) groups excluding carboxylic acids is 2. The minimum Gasteiger partial charge on any atom is -0.379 e. The van der Waals surface area contributed by atoms with Gasteiger partial charge in [0.1, 0.15) is 24.1 Å². The van der Waals surface area contributed by atoms with E-state index in [9.17, 15) is 9.59 Å². The molecule has 6 rings (SSSR count). The van der Waals surface area contributed by atoms with Crippen molar-refractivity contribution in [3.8, 4) is 23.1 Å². The number of nitrogens with one attached hydrogen (secondary N) is 1. The Labute approximate surface area is 244 Å². The molecule has 0 unspecified atom stereocenters. The number of rotatable bonds is 4. The van der Waals surface area contributed by atoms with Gasteiger partial charge in [0.05, 0.1) is 25.1 Å². The van der Waals surface area contributed by atoms with Crippen LogP contribution in [0, 0.1) is 11.8 Å². The molecule has 1 aliphatic rings. The number of likely N-dealkylation sites (N-methyl/N-ethyl adjacent to an activating group) is 1. The van der Waals surface area contributed by atoms with Crippen LogP contribution in [0.5, 0.6) is 0 Å². The molecule has 0 spiro atoms. The van der Waals surface area contributed by atoms with Gasteiger partial charge < -0.3 is 15.0 Å². The van der Waals surface area contributed by atoms with Gasteiger partial charge in [-0.05, 0) is 49.4 Å². The maximum Gasteiger partial charge on any atom is 0.154 e. The highest BCUT2D eigenvalue weighted by atomic mass is 16.5. The summed E-state index contributed by atoms with van der Waals surface area (Å²) in [6.45, 7) is 4.02. The molecule has 1 saturated heterocycles. The third-order valence-electron chi connectivity index (χ3n) is 6.13. The summed E-state index contributed by atoms with van der Waals surface area (Å²) < 4.78 is 6.82. The van der Waals surface area contributed by atoms with Gasteiger partial charge in [-0.15, -0.1) is 0 Å². The van der Waals surface area contributed by atoms with E-state index >= 15 is 0 Å². The van der Waals surface area contributed by atoms with Crippen molar-refractivity contribution in [3.63, 3.8) is 0 Å². The van der Waals surface area contributed by atoms with Gasteiger partial charge in [-0.3, -0.25) is 14.6 Å². The van der Waals surface area contributed by atoms with Crippen LogP contribution in [0.2, 0.25) is 0 Å². The Hall–Kier alpha value is -5.24. The molecule has 212 valence electrons. The lowest BCUT2D eigenvalue weighted by Crippen LogP contribution is -2.32. The number of aromatic nitrogens is 5. The number of morpholine rings is 1. The number of fused-ring (bicyclic) bond motifs is 1. The van der Waals surface area contributed by atoms with Crippen molar-refractivity contribution in [2.75, 3.05) is 45.7 Å². The second kappa shape index (κ2) is 15.5. The standard InChI is InChI=1S/C21H15N5O.C6H5NO.C5H11NO/c1-22-20-12-15(10-11-23-20)4-7-18-13-24-21-9-8-19(25-26(18)21)17-5-2-16(14-27)3-6-17;8-5-6-1-3-7-4-2-6;1-6-2-4-7-5-3-6/h2-3,5-6,8-14H,1H3,(H,22,23);1-5H;2-5H2,1H3. The summed E-state index contributed by atoms with van der Waals surface area (Å²) in [4.78, 5) is 35.3. The molecule has 0 saturated carbocycles. The number of benzene rings is 1. The first-order valence-corrected chi connectivity index (χ1v) is 13.3.